The Morgan fingerprint density at radius 1 is 1.37 bits per heavy atom. The van der Waals surface area contributed by atoms with Crippen molar-refractivity contribution in [1.29, 1.82) is 5.26 Å². The molecule has 2 aromatic rings. The fraction of sp³-hybridized carbons (Fsp3) is 0.214. The minimum atomic E-state index is 0.0269. The van der Waals surface area contributed by atoms with Gasteiger partial charge in [-0.25, -0.2) is 4.68 Å². The largest absolute Gasteiger partial charge is 0.294 e. The molecule has 0 amide bonds. The summed E-state index contributed by atoms with van der Waals surface area (Å²) in [6, 6.07) is 9.70. The minimum Gasteiger partial charge on any atom is -0.294 e. The van der Waals surface area contributed by atoms with E-state index in [-0.39, 0.29) is 11.5 Å². The number of fused-ring (bicyclic) bond motifs is 1. The number of ketones is 1. The van der Waals surface area contributed by atoms with Crippen molar-refractivity contribution in [2.75, 3.05) is 0 Å². The van der Waals surface area contributed by atoms with Gasteiger partial charge < -0.3 is 0 Å². The summed E-state index contributed by atoms with van der Waals surface area (Å²) in [5, 5.41) is 13.4. The molecule has 0 N–H and O–H groups in total. The van der Waals surface area contributed by atoms with Crippen LogP contribution in [0.1, 0.15) is 34.6 Å². The van der Waals surface area contributed by atoms with E-state index in [0.29, 0.717) is 12.0 Å². The van der Waals surface area contributed by atoms with Gasteiger partial charge in [-0.05, 0) is 31.0 Å². The summed E-state index contributed by atoms with van der Waals surface area (Å²) in [4.78, 5) is 12.0. The Balaban J connectivity index is 2.24. The van der Waals surface area contributed by atoms with Crippen LogP contribution in [0.25, 0.3) is 5.69 Å². The van der Waals surface area contributed by atoms with Crippen molar-refractivity contribution in [3.8, 4) is 11.8 Å². The number of rotatable bonds is 1. The lowest BCUT2D eigenvalue weighted by Crippen LogP contribution is -2.13. The highest BCUT2D eigenvalue weighted by molar-refractivity contribution is 9.10. The predicted octanol–water partition coefficient (Wildman–Crippen LogP) is 3.03. The number of nitriles is 1. The highest BCUT2D eigenvalue weighted by Crippen LogP contribution is 2.27. The molecule has 0 saturated carbocycles. The molecule has 0 radical (unpaired) electrons. The van der Waals surface area contributed by atoms with E-state index in [9.17, 15) is 4.79 Å². The Morgan fingerprint density at radius 2 is 2.21 bits per heavy atom. The molecule has 0 bridgehead atoms. The zero-order valence-electron chi connectivity index (χ0n) is 10.1. The second-order valence-electron chi connectivity index (χ2n) is 4.45. The lowest BCUT2D eigenvalue weighted by atomic mass is 9.94. The van der Waals surface area contributed by atoms with E-state index >= 15 is 0 Å². The second-order valence-corrected chi connectivity index (χ2v) is 5.37. The number of carbonyl (C=O) groups is 1. The average Bonchev–Trinajstić information content (AvgIpc) is 2.79. The van der Waals surface area contributed by atoms with Gasteiger partial charge in [-0.1, -0.05) is 22.0 Å². The van der Waals surface area contributed by atoms with E-state index in [2.05, 4.69) is 21.0 Å². The van der Waals surface area contributed by atoms with Crippen molar-refractivity contribution in [2.24, 2.45) is 0 Å². The van der Waals surface area contributed by atoms with Crippen molar-refractivity contribution in [2.45, 2.75) is 19.3 Å². The molecule has 19 heavy (non-hydrogen) atoms. The first kappa shape index (κ1) is 12.1. The molecule has 94 valence electrons. The first-order chi connectivity index (χ1) is 9.20. The average molecular weight is 316 g/mol. The molecule has 3 rings (SSSR count). The van der Waals surface area contributed by atoms with Gasteiger partial charge in [0, 0.05) is 10.9 Å². The molecular weight excluding hydrogens is 306 g/mol. The maximum atomic E-state index is 12.0. The van der Waals surface area contributed by atoms with Crippen LogP contribution in [0.4, 0.5) is 0 Å². The molecule has 0 saturated heterocycles. The van der Waals surface area contributed by atoms with Crippen LogP contribution in [0.5, 0.6) is 0 Å². The molecular formula is C14H10BrN3O. The second kappa shape index (κ2) is 4.63. The highest BCUT2D eigenvalue weighted by Gasteiger charge is 2.27. The molecule has 1 aromatic carbocycles. The molecule has 0 aliphatic heterocycles. The van der Waals surface area contributed by atoms with Crippen LogP contribution < -0.4 is 0 Å². The summed E-state index contributed by atoms with van der Waals surface area (Å²) in [7, 11) is 0. The number of nitrogens with zero attached hydrogens (tertiary/aromatic N) is 3. The Morgan fingerprint density at radius 3 is 2.95 bits per heavy atom. The van der Waals surface area contributed by atoms with Crippen molar-refractivity contribution in [1.82, 2.24) is 9.78 Å². The maximum absolute atomic E-state index is 12.0. The van der Waals surface area contributed by atoms with Gasteiger partial charge in [0.05, 0.1) is 16.9 Å². The number of benzene rings is 1. The van der Waals surface area contributed by atoms with Gasteiger partial charge in [0.2, 0.25) is 0 Å². The van der Waals surface area contributed by atoms with Crippen LogP contribution in [0, 0.1) is 11.3 Å². The molecule has 1 aromatic heterocycles. The smallest absolute Gasteiger partial charge is 0.174 e. The van der Waals surface area contributed by atoms with Crippen molar-refractivity contribution >= 4 is 21.7 Å². The molecule has 0 spiro atoms. The summed E-state index contributed by atoms with van der Waals surface area (Å²) >= 11 is 3.42. The molecule has 0 fully saturated rings. The zero-order chi connectivity index (χ0) is 13.4. The normalized spacial score (nSPS) is 14.0. The molecule has 1 heterocycles. The SMILES string of the molecule is N#Cc1nn(-c2cccc(Br)c2)c2c1C(=O)CCC2. The molecule has 0 atom stereocenters. The predicted molar refractivity (Wildman–Crippen MR) is 73.2 cm³/mol. The number of halogens is 1. The Hall–Kier alpha value is -1.93. The van der Waals surface area contributed by atoms with E-state index in [1.807, 2.05) is 30.3 Å². The highest BCUT2D eigenvalue weighted by atomic mass is 79.9. The van der Waals surface area contributed by atoms with Crippen LogP contribution in [-0.2, 0) is 6.42 Å². The lowest BCUT2D eigenvalue weighted by Gasteiger charge is -2.13. The van der Waals surface area contributed by atoms with Gasteiger partial charge in [-0.15, -0.1) is 0 Å². The summed E-state index contributed by atoms with van der Waals surface area (Å²) in [5.41, 5.74) is 2.46. The summed E-state index contributed by atoms with van der Waals surface area (Å²) in [6.07, 6.45) is 2.10. The van der Waals surface area contributed by atoms with Gasteiger partial charge in [0.1, 0.15) is 6.07 Å². The third-order valence-corrected chi connectivity index (χ3v) is 3.73. The Bertz CT molecular complexity index is 712. The standard InChI is InChI=1S/C14H10BrN3O/c15-9-3-1-4-10(7-9)18-12-5-2-6-13(19)14(12)11(8-16)17-18/h1,3-4,7H,2,5-6H2. The van der Waals surface area contributed by atoms with E-state index in [0.717, 1.165) is 28.7 Å². The third-order valence-electron chi connectivity index (χ3n) is 3.24. The quantitative estimate of drug-likeness (QED) is 0.812. The van der Waals surface area contributed by atoms with Crippen LogP contribution >= 0.6 is 15.9 Å². The fourth-order valence-corrected chi connectivity index (χ4v) is 2.81. The maximum Gasteiger partial charge on any atom is 0.174 e. The topological polar surface area (TPSA) is 58.7 Å². The van der Waals surface area contributed by atoms with Gasteiger partial charge >= 0.3 is 0 Å². The summed E-state index contributed by atoms with van der Waals surface area (Å²) in [5.74, 6) is 0.0269. The van der Waals surface area contributed by atoms with E-state index in [1.165, 1.54) is 0 Å². The van der Waals surface area contributed by atoms with Crippen LogP contribution in [0.2, 0.25) is 0 Å². The summed E-state index contributed by atoms with van der Waals surface area (Å²) < 4.78 is 2.66. The molecule has 1 aliphatic carbocycles. The Kier molecular flexibility index (Phi) is 2.96. The van der Waals surface area contributed by atoms with Gasteiger partial charge in [-0.3, -0.25) is 4.79 Å². The molecule has 5 heteroatoms. The molecule has 0 unspecified atom stereocenters. The summed E-state index contributed by atoms with van der Waals surface area (Å²) in [6.45, 7) is 0. The van der Waals surface area contributed by atoms with E-state index in [1.54, 1.807) is 4.68 Å². The third kappa shape index (κ3) is 1.98. The monoisotopic (exact) mass is 315 g/mol. The van der Waals surface area contributed by atoms with Crippen molar-refractivity contribution in [3.05, 3.63) is 45.7 Å². The fourth-order valence-electron chi connectivity index (χ4n) is 2.42. The number of hydrogen-bond donors (Lipinski definition) is 0. The first-order valence-electron chi connectivity index (χ1n) is 6.02. The van der Waals surface area contributed by atoms with Crippen LogP contribution in [0.3, 0.4) is 0 Å². The number of hydrogen-bond acceptors (Lipinski definition) is 3. The number of Topliss-reactive ketones (excluding diaryl/α,β-unsaturated/α-hetero) is 1. The van der Waals surface area contributed by atoms with Crippen molar-refractivity contribution in [3.63, 3.8) is 0 Å². The van der Waals surface area contributed by atoms with Crippen LogP contribution in [-0.4, -0.2) is 15.6 Å². The molecule has 4 nitrogen and oxygen atoms in total. The Labute approximate surface area is 118 Å². The number of aromatic nitrogens is 2. The molecule has 1 aliphatic rings. The number of carbonyl (C=O) groups excluding carboxylic acids is 1. The lowest BCUT2D eigenvalue weighted by molar-refractivity contribution is 0.0972. The zero-order valence-corrected chi connectivity index (χ0v) is 11.6. The van der Waals surface area contributed by atoms with Gasteiger partial charge in [-0.2, -0.15) is 10.4 Å². The van der Waals surface area contributed by atoms with Crippen LogP contribution in [0.15, 0.2) is 28.7 Å². The first-order valence-corrected chi connectivity index (χ1v) is 6.81. The van der Waals surface area contributed by atoms with Crippen molar-refractivity contribution < 1.29 is 4.79 Å². The van der Waals surface area contributed by atoms with Gasteiger partial charge in [0.25, 0.3) is 0 Å². The minimum absolute atomic E-state index is 0.0269. The van der Waals surface area contributed by atoms with E-state index in [4.69, 9.17) is 5.26 Å². The van der Waals surface area contributed by atoms with E-state index < -0.39 is 0 Å². The van der Waals surface area contributed by atoms with Gasteiger partial charge in [0.15, 0.2) is 11.5 Å².